The number of nitrogens with two attached hydrogens (primary N) is 1. The largest absolute Gasteiger partial charge is 0.485 e. The fraction of sp³-hybridized carbons (Fsp3) is 0.150. The number of nitro benzene ring substituents is 1. The summed E-state index contributed by atoms with van der Waals surface area (Å²) in [6.07, 6.45) is 1.49. The molecule has 0 saturated carbocycles. The van der Waals surface area contributed by atoms with Gasteiger partial charge >= 0.3 is 5.97 Å². The van der Waals surface area contributed by atoms with Crippen molar-refractivity contribution >= 4 is 17.6 Å². The van der Waals surface area contributed by atoms with E-state index in [0.29, 0.717) is 11.3 Å². The lowest BCUT2D eigenvalue weighted by Gasteiger charge is -2.06. The normalized spacial score (nSPS) is 10.4. The molecule has 2 N–H and O–H groups in total. The molecule has 0 atom stereocenters. The second-order valence-electron chi connectivity index (χ2n) is 6.13. The first-order chi connectivity index (χ1) is 14.4. The van der Waals surface area contributed by atoms with Gasteiger partial charge in [-0.15, -0.1) is 0 Å². The van der Waals surface area contributed by atoms with Gasteiger partial charge in [-0.2, -0.15) is 5.10 Å². The zero-order chi connectivity index (χ0) is 21.7. The van der Waals surface area contributed by atoms with Crippen molar-refractivity contribution in [1.29, 1.82) is 0 Å². The standard InChI is InChI=1S/C20H18N4O6/c1-2-29-20(26)18-17(30-12-13-3-5-14(6-4-13)19(21)25)11-23(22-18)15-7-9-16(10-8-15)24(27)28/h3-11H,2,12H2,1H3,(H2,21,25). The van der Waals surface area contributed by atoms with Gasteiger partial charge in [0.1, 0.15) is 6.61 Å². The van der Waals surface area contributed by atoms with E-state index >= 15 is 0 Å². The third-order valence-corrected chi connectivity index (χ3v) is 4.11. The van der Waals surface area contributed by atoms with Crippen molar-refractivity contribution in [2.24, 2.45) is 5.73 Å². The molecule has 1 amide bonds. The van der Waals surface area contributed by atoms with Gasteiger partial charge < -0.3 is 15.2 Å². The molecule has 0 aliphatic carbocycles. The molecule has 0 bridgehead atoms. The Morgan fingerprint density at radius 2 is 1.80 bits per heavy atom. The minimum Gasteiger partial charge on any atom is -0.485 e. The number of ether oxygens (including phenoxy) is 2. The predicted octanol–water partition coefficient (Wildman–Crippen LogP) is 2.64. The van der Waals surface area contributed by atoms with Crippen LogP contribution in [-0.2, 0) is 11.3 Å². The van der Waals surface area contributed by atoms with E-state index in [4.69, 9.17) is 15.2 Å². The number of esters is 1. The van der Waals surface area contributed by atoms with Gasteiger partial charge in [0.05, 0.1) is 23.4 Å². The van der Waals surface area contributed by atoms with Crippen molar-refractivity contribution in [2.45, 2.75) is 13.5 Å². The maximum absolute atomic E-state index is 12.3. The average Bonchev–Trinajstić information content (AvgIpc) is 3.17. The van der Waals surface area contributed by atoms with Crippen LogP contribution in [-0.4, -0.2) is 33.2 Å². The highest BCUT2D eigenvalue weighted by molar-refractivity contribution is 5.92. The number of carbonyl (C=O) groups excluding carboxylic acids is 2. The molecule has 10 heteroatoms. The molecule has 0 unspecified atom stereocenters. The number of rotatable bonds is 8. The van der Waals surface area contributed by atoms with Crippen LogP contribution in [0.5, 0.6) is 5.75 Å². The Kier molecular flexibility index (Phi) is 6.06. The van der Waals surface area contributed by atoms with Crippen LogP contribution in [0.1, 0.15) is 33.3 Å². The van der Waals surface area contributed by atoms with Gasteiger partial charge in [0.25, 0.3) is 5.69 Å². The first-order valence-electron chi connectivity index (χ1n) is 8.92. The van der Waals surface area contributed by atoms with E-state index in [0.717, 1.165) is 5.56 Å². The van der Waals surface area contributed by atoms with E-state index in [-0.39, 0.29) is 30.3 Å². The highest BCUT2D eigenvalue weighted by Crippen LogP contribution is 2.23. The molecular weight excluding hydrogens is 392 g/mol. The quantitative estimate of drug-likeness (QED) is 0.342. The van der Waals surface area contributed by atoms with Crippen molar-refractivity contribution in [2.75, 3.05) is 6.61 Å². The van der Waals surface area contributed by atoms with E-state index in [1.807, 2.05) is 0 Å². The highest BCUT2D eigenvalue weighted by Gasteiger charge is 2.20. The molecule has 0 fully saturated rings. The second-order valence-corrected chi connectivity index (χ2v) is 6.13. The Hall–Kier alpha value is -4.21. The van der Waals surface area contributed by atoms with E-state index in [1.165, 1.54) is 35.1 Å². The summed E-state index contributed by atoms with van der Waals surface area (Å²) in [5.41, 5.74) is 6.76. The predicted molar refractivity (Wildman–Crippen MR) is 105 cm³/mol. The van der Waals surface area contributed by atoms with Crippen LogP contribution in [0.25, 0.3) is 5.69 Å². The van der Waals surface area contributed by atoms with Gasteiger partial charge in [-0.3, -0.25) is 14.9 Å². The Morgan fingerprint density at radius 3 is 2.37 bits per heavy atom. The summed E-state index contributed by atoms with van der Waals surface area (Å²) in [6, 6.07) is 12.2. The van der Waals surface area contributed by atoms with Gasteiger partial charge in [0.2, 0.25) is 11.6 Å². The van der Waals surface area contributed by atoms with Crippen LogP contribution >= 0.6 is 0 Å². The number of aromatic nitrogens is 2. The molecule has 154 valence electrons. The molecule has 0 aliphatic heterocycles. The SMILES string of the molecule is CCOC(=O)c1nn(-c2ccc([N+](=O)[O-])cc2)cc1OCc1ccc(C(N)=O)cc1. The maximum Gasteiger partial charge on any atom is 0.362 e. The number of nitrogens with zero attached hydrogens (tertiary/aromatic N) is 3. The van der Waals surface area contributed by atoms with Gasteiger partial charge in [-0.25, -0.2) is 9.48 Å². The van der Waals surface area contributed by atoms with Crippen molar-refractivity contribution < 1.29 is 24.0 Å². The highest BCUT2D eigenvalue weighted by atomic mass is 16.6. The zero-order valence-corrected chi connectivity index (χ0v) is 16.0. The molecule has 10 nitrogen and oxygen atoms in total. The fourth-order valence-corrected chi connectivity index (χ4v) is 2.59. The van der Waals surface area contributed by atoms with E-state index < -0.39 is 16.8 Å². The van der Waals surface area contributed by atoms with Crippen LogP contribution in [0.3, 0.4) is 0 Å². The fourth-order valence-electron chi connectivity index (χ4n) is 2.59. The number of benzene rings is 2. The number of carbonyl (C=O) groups is 2. The lowest BCUT2D eigenvalue weighted by molar-refractivity contribution is -0.384. The maximum atomic E-state index is 12.3. The Bertz CT molecular complexity index is 1070. The minimum absolute atomic E-state index is 0.0241. The van der Waals surface area contributed by atoms with Crippen LogP contribution in [0.15, 0.2) is 54.7 Å². The van der Waals surface area contributed by atoms with Crippen molar-refractivity contribution in [3.63, 3.8) is 0 Å². The summed E-state index contributed by atoms with van der Waals surface area (Å²) in [5.74, 6) is -1.00. The average molecular weight is 410 g/mol. The van der Waals surface area contributed by atoms with Gasteiger partial charge in [0, 0.05) is 17.7 Å². The topological polar surface area (TPSA) is 140 Å². The lowest BCUT2D eigenvalue weighted by Crippen LogP contribution is -2.11. The first kappa shape index (κ1) is 20.5. The van der Waals surface area contributed by atoms with Crippen LogP contribution in [0.4, 0.5) is 5.69 Å². The number of non-ortho nitro benzene ring substituents is 1. The molecule has 1 aromatic heterocycles. The minimum atomic E-state index is -0.655. The number of primary amides is 1. The van der Waals surface area contributed by atoms with Gasteiger partial charge in [-0.05, 0) is 36.8 Å². The third kappa shape index (κ3) is 4.61. The summed E-state index contributed by atoms with van der Waals surface area (Å²) < 4.78 is 12.2. The van der Waals surface area contributed by atoms with Gasteiger partial charge in [-0.1, -0.05) is 12.1 Å². The molecule has 3 rings (SSSR count). The second kappa shape index (κ2) is 8.86. The zero-order valence-electron chi connectivity index (χ0n) is 16.0. The molecule has 30 heavy (non-hydrogen) atoms. The molecule has 3 aromatic rings. The number of amides is 1. The van der Waals surface area contributed by atoms with Crippen LogP contribution in [0, 0.1) is 10.1 Å². The molecule has 0 radical (unpaired) electrons. The Morgan fingerprint density at radius 1 is 1.13 bits per heavy atom. The molecular formula is C20H18N4O6. The molecule has 0 spiro atoms. The first-order valence-corrected chi connectivity index (χ1v) is 8.92. The van der Waals surface area contributed by atoms with E-state index in [2.05, 4.69) is 5.10 Å². The van der Waals surface area contributed by atoms with Gasteiger partial charge in [0.15, 0.2) is 5.75 Å². The monoisotopic (exact) mass is 410 g/mol. The number of hydrogen-bond acceptors (Lipinski definition) is 7. The summed E-state index contributed by atoms with van der Waals surface area (Å²) in [5, 5.41) is 15.0. The third-order valence-electron chi connectivity index (χ3n) is 4.11. The lowest BCUT2D eigenvalue weighted by atomic mass is 10.1. The van der Waals surface area contributed by atoms with Crippen molar-refractivity contribution in [3.8, 4) is 11.4 Å². The van der Waals surface area contributed by atoms with Crippen molar-refractivity contribution in [1.82, 2.24) is 9.78 Å². The van der Waals surface area contributed by atoms with E-state index in [1.54, 1.807) is 31.2 Å². The molecule has 1 heterocycles. The number of hydrogen-bond donors (Lipinski definition) is 1. The summed E-state index contributed by atoms with van der Waals surface area (Å²) >= 11 is 0. The number of nitro groups is 1. The summed E-state index contributed by atoms with van der Waals surface area (Å²) in [7, 11) is 0. The molecule has 2 aromatic carbocycles. The van der Waals surface area contributed by atoms with E-state index in [9.17, 15) is 19.7 Å². The molecule has 0 saturated heterocycles. The smallest absolute Gasteiger partial charge is 0.362 e. The van der Waals surface area contributed by atoms with Crippen molar-refractivity contribution in [3.05, 3.63) is 81.7 Å². The van der Waals surface area contributed by atoms with Crippen LogP contribution in [0.2, 0.25) is 0 Å². The summed E-state index contributed by atoms with van der Waals surface area (Å²) in [6.45, 7) is 1.95. The Balaban J connectivity index is 1.85. The Labute approximate surface area is 171 Å². The summed E-state index contributed by atoms with van der Waals surface area (Å²) in [4.78, 5) is 33.7. The molecule has 0 aliphatic rings. The van der Waals surface area contributed by atoms with Crippen LogP contribution < -0.4 is 10.5 Å².